The van der Waals surface area contributed by atoms with Gasteiger partial charge in [0.25, 0.3) is 5.91 Å². The summed E-state index contributed by atoms with van der Waals surface area (Å²) in [7, 11) is 0. The summed E-state index contributed by atoms with van der Waals surface area (Å²) < 4.78 is 0. The lowest BCUT2D eigenvalue weighted by atomic mass is 10.3. The molecule has 0 aliphatic carbocycles. The Bertz CT molecular complexity index is 553. The van der Waals surface area contributed by atoms with Crippen LogP contribution in [-0.4, -0.2) is 21.1 Å². The highest BCUT2D eigenvalue weighted by atomic mass is 35.5. The molecule has 18 heavy (non-hydrogen) atoms. The van der Waals surface area contributed by atoms with Gasteiger partial charge in [0, 0.05) is 6.42 Å². The number of nitrogens with one attached hydrogen (secondary N) is 2. The van der Waals surface area contributed by atoms with Crippen molar-refractivity contribution >= 4 is 23.2 Å². The maximum absolute atomic E-state index is 11.9. The van der Waals surface area contributed by atoms with Gasteiger partial charge in [0.15, 0.2) is 0 Å². The molecule has 2 aromatic rings. The van der Waals surface area contributed by atoms with Gasteiger partial charge in [0.2, 0.25) is 5.82 Å². The summed E-state index contributed by atoms with van der Waals surface area (Å²) in [5.41, 5.74) is 0.547. The molecule has 0 aliphatic rings. The Kier molecular flexibility index (Phi) is 3.94. The van der Waals surface area contributed by atoms with Crippen molar-refractivity contribution in [2.24, 2.45) is 0 Å². The zero-order chi connectivity index (χ0) is 13.0. The lowest BCUT2D eigenvalue weighted by Crippen LogP contribution is -2.14. The fraction of sp³-hybridized carbons (Fsp3) is 0.250. The van der Waals surface area contributed by atoms with E-state index in [0.717, 1.165) is 12.8 Å². The molecule has 0 unspecified atom stereocenters. The number of halogens is 1. The summed E-state index contributed by atoms with van der Waals surface area (Å²) in [5.74, 6) is 0.460. The quantitative estimate of drug-likeness (QED) is 0.892. The minimum Gasteiger partial charge on any atom is -0.318 e. The Morgan fingerprint density at radius 3 is 2.94 bits per heavy atom. The molecule has 0 saturated carbocycles. The van der Waals surface area contributed by atoms with E-state index in [2.05, 4.69) is 20.5 Å². The normalized spacial score (nSPS) is 10.3. The van der Waals surface area contributed by atoms with Crippen LogP contribution in [0.15, 0.2) is 24.3 Å². The monoisotopic (exact) mass is 264 g/mol. The zero-order valence-corrected chi connectivity index (χ0v) is 10.7. The number of amides is 1. The molecule has 1 amide bonds. The van der Waals surface area contributed by atoms with Crippen molar-refractivity contribution in [3.63, 3.8) is 0 Å². The van der Waals surface area contributed by atoms with Crippen molar-refractivity contribution in [1.82, 2.24) is 15.2 Å². The van der Waals surface area contributed by atoms with E-state index in [1.807, 2.05) is 6.92 Å². The summed E-state index contributed by atoms with van der Waals surface area (Å²) in [4.78, 5) is 16.0. The topological polar surface area (TPSA) is 70.7 Å². The highest BCUT2D eigenvalue weighted by Crippen LogP contribution is 2.20. The number of rotatable bonds is 4. The number of hydrogen-bond donors (Lipinski definition) is 2. The fourth-order valence-corrected chi connectivity index (χ4v) is 1.67. The van der Waals surface area contributed by atoms with Crippen LogP contribution in [-0.2, 0) is 6.42 Å². The van der Waals surface area contributed by atoms with Gasteiger partial charge in [0.1, 0.15) is 5.82 Å². The van der Waals surface area contributed by atoms with Crippen molar-refractivity contribution in [3.05, 3.63) is 40.9 Å². The molecule has 1 aromatic carbocycles. The Morgan fingerprint density at radius 2 is 2.22 bits per heavy atom. The third-order valence-electron chi connectivity index (χ3n) is 2.34. The minimum absolute atomic E-state index is 0.123. The average Bonchev–Trinajstić information content (AvgIpc) is 2.81. The van der Waals surface area contributed by atoms with Gasteiger partial charge in [-0.05, 0) is 18.6 Å². The van der Waals surface area contributed by atoms with Crippen LogP contribution in [0.5, 0.6) is 0 Å². The first-order valence-electron chi connectivity index (χ1n) is 5.68. The molecule has 2 rings (SSSR count). The molecule has 2 N–H and O–H groups in total. The molecule has 1 heterocycles. The van der Waals surface area contributed by atoms with E-state index in [4.69, 9.17) is 11.6 Å². The third-order valence-corrected chi connectivity index (χ3v) is 2.67. The van der Waals surface area contributed by atoms with Gasteiger partial charge in [0.05, 0.1) is 10.7 Å². The number of hydrogen-bond acceptors (Lipinski definition) is 3. The Balaban J connectivity index is 2.10. The van der Waals surface area contributed by atoms with Crippen LogP contribution < -0.4 is 5.32 Å². The Hall–Kier alpha value is -1.88. The number of carbonyl (C=O) groups is 1. The second-order valence-corrected chi connectivity index (χ2v) is 4.20. The summed E-state index contributed by atoms with van der Waals surface area (Å²) in [6.07, 6.45) is 1.72. The molecule has 0 bridgehead atoms. The number of nitrogens with zero attached hydrogens (tertiary/aromatic N) is 2. The maximum atomic E-state index is 11.9. The number of aryl methyl sites for hydroxylation is 1. The molecule has 5 nitrogen and oxygen atoms in total. The number of aromatic nitrogens is 3. The van der Waals surface area contributed by atoms with Gasteiger partial charge in [-0.15, -0.1) is 5.10 Å². The standard InChI is InChI=1S/C12H13ClN4O/c1-2-5-10-15-11(17-16-10)12(18)14-9-7-4-3-6-8(9)13/h3-4,6-7H,2,5H2,1H3,(H,14,18)(H,15,16,17). The van der Waals surface area contributed by atoms with E-state index in [9.17, 15) is 4.79 Å². The van der Waals surface area contributed by atoms with E-state index < -0.39 is 0 Å². The number of benzene rings is 1. The number of carbonyl (C=O) groups excluding carboxylic acids is 1. The summed E-state index contributed by atoms with van der Waals surface area (Å²) >= 11 is 5.95. The summed E-state index contributed by atoms with van der Waals surface area (Å²) in [6, 6.07) is 7.02. The molecular formula is C12H13ClN4O. The number of anilines is 1. The SMILES string of the molecule is CCCc1nc(C(=O)Nc2ccccc2Cl)n[nH]1. The molecule has 94 valence electrons. The van der Waals surface area contributed by atoms with E-state index in [1.54, 1.807) is 24.3 Å². The van der Waals surface area contributed by atoms with Crippen molar-refractivity contribution in [2.45, 2.75) is 19.8 Å². The van der Waals surface area contributed by atoms with E-state index in [-0.39, 0.29) is 11.7 Å². The first-order chi connectivity index (χ1) is 8.70. The van der Waals surface area contributed by atoms with Gasteiger partial charge in [-0.25, -0.2) is 4.98 Å². The Labute approximate surface area is 110 Å². The lowest BCUT2D eigenvalue weighted by molar-refractivity contribution is 0.101. The van der Waals surface area contributed by atoms with Gasteiger partial charge in [-0.2, -0.15) is 0 Å². The van der Waals surface area contributed by atoms with Gasteiger partial charge >= 0.3 is 0 Å². The largest absolute Gasteiger partial charge is 0.318 e. The molecule has 0 fully saturated rings. The Morgan fingerprint density at radius 1 is 1.44 bits per heavy atom. The fourth-order valence-electron chi connectivity index (χ4n) is 1.49. The molecule has 0 aliphatic heterocycles. The number of aromatic amines is 1. The molecule has 0 spiro atoms. The van der Waals surface area contributed by atoms with Gasteiger partial charge in [-0.1, -0.05) is 30.7 Å². The predicted molar refractivity (Wildman–Crippen MR) is 69.8 cm³/mol. The number of H-pyrrole nitrogens is 1. The van der Waals surface area contributed by atoms with Crippen LogP contribution in [0.2, 0.25) is 5.02 Å². The van der Waals surface area contributed by atoms with Crippen LogP contribution in [0.25, 0.3) is 0 Å². The minimum atomic E-state index is -0.373. The van der Waals surface area contributed by atoms with Crippen LogP contribution in [0.4, 0.5) is 5.69 Å². The van der Waals surface area contributed by atoms with E-state index >= 15 is 0 Å². The van der Waals surface area contributed by atoms with Crippen molar-refractivity contribution in [1.29, 1.82) is 0 Å². The van der Waals surface area contributed by atoms with Crippen LogP contribution in [0.1, 0.15) is 29.8 Å². The molecular weight excluding hydrogens is 252 g/mol. The van der Waals surface area contributed by atoms with Crippen molar-refractivity contribution in [3.8, 4) is 0 Å². The van der Waals surface area contributed by atoms with Crippen LogP contribution >= 0.6 is 11.6 Å². The molecule has 0 saturated heterocycles. The molecule has 6 heteroatoms. The molecule has 0 radical (unpaired) electrons. The average molecular weight is 265 g/mol. The summed E-state index contributed by atoms with van der Waals surface area (Å²) in [5, 5.41) is 9.75. The van der Waals surface area contributed by atoms with E-state index in [0.29, 0.717) is 16.5 Å². The summed E-state index contributed by atoms with van der Waals surface area (Å²) in [6.45, 7) is 2.03. The number of para-hydroxylation sites is 1. The van der Waals surface area contributed by atoms with Crippen LogP contribution in [0.3, 0.4) is 0 Å². The molecule has 1 aromatic heterocycles. The first-order valence-corrected chi connectivity index (χ1v) is 6.05. The van der Waals surface area contributed by atoms with Gasteiger partial charge < -0.3 is 5.32 Å². The zero-order valence-electron chi connectivity index (χ0n) is 9.90. The second kappa shape index (κ2) is 5.64. The highest BCUT2D eigenvalue weighted by Gasteiger charge is 2.13. The van der Waals surface area contributed by atoms with Crippen LogP contribution in [0, 0.1) is 0 Å². The third kappa shape index (κ3) is 2.87. The molecule has 0 atom stereocenters. The second-order valence-electron chi connectivity index (χ2n) is 3.79. The lowest BCUT2D eigenvalue weighted by Gasteiger charge is -2.03. The first kappa shape index (κ1) is 12.6. The van der Waals surface area contributed by atoms with Crippen molar-refractivity contribution < 1.29 is 4.79 Å². The predicted octanol–water partition coefficient (Wildman–Crippen LogP) is 2.66. The van der Waals surface area contributed by atoms with E-state index in [1.165, 1.54) is 0 Å². The smallest absolute Gasteiger partial charge is 0.295 e. The highest BCUT2D eigenvalue weighted by molar-refractivity contribution is 6.33. The van der Waals surface area contributed by atoms with Crippen molar-refractivity contribution in [2.75, 3.05) is 5.32 Å². The van der Waals surface area contributed by atoms with Gasteiger partial charge in [-0.3, -0.25) is 9.89 Å². The maximum Gasteiger partial charge on any atom is 0.295 e.